The van der Waals surface area contributed by atoms with Crippen LogP contribution in [0.4, 0.5) is 4.79 Å². The molecule has 0 N–H and O–H groups in total. The Morgan fingerprint density at radius 3 is 2.45 bits per heavy atom. The van der Waals surface area contributed by atoms with E-state index >= 15 is 0 Å². The van der Waals surface area contributed by atoms with Gasteiger partial charge in [0, 0.05) is 19.6 Å². The summed E-state index contributed by atoms with van der Waals surface area (Å²) in [6.07, 6.45) is 3.33. The number of rotatable bonds is 4. The summed E-state index contributed by atoms with van der Waals surface area (Å²) in [5.74, 6) is 0. The summed E-state index contributed by atoms with van der Waals surface area (Å²) in [7, 11) is 0. The summed E-state index contributed by atoms with van der Waals surface area (Å²) in [6, 6.07) is 9.78. The Hall–Kier alpha value is -1.26. The molecule has 2 rings (SSSR count). The van der Waals surface area contributed by atoms with Crippen LogP contribution < -0.4 is 0 Å². The van der Waals surface area contributed by atoms with Crippen molar-refractivity contribution >= 4 is 18.5 Å². The van der Waals surface area contributed by atoms with Gasteiger partial charge in [-0.25, -0.2) is 14.8 Å². The number of amides is 1. The first-order valence-corrected chi connectivity index (χ1v) is 7.04. The molecule has 1 aromatic carbocycles. The maximum atomic E-state index is 12.1. The van der Waals surface area contributed by atoms with Crippen LogP contribution >= 0.6 is 12.4 Å². The molecular formula is C15H23ClN2O2. The molecule has 0 saturated carbocycles. The molecule has 1 saturated heterocycles. The van der Waals surface area contributed by atoms with E-state index < -0.39 is 0 Å². The smallest absolute Gasteiger partial charge is 0.424 e. The molecule has 0 spiro atoms. The van der Waals surface area contributed by atoms with Crippen LogP contribution in [0.3, 0.4) is 0 Å². The summed E-state index contributed by atoms with van der Waals surface area (Å²) in [6.45, 7) is 4.89. The number of hydrogen-bond acceptors (Lipinski definition) is 3. The van der Waals surface area contributed by atoms with Crippen LogP contribution in [0.25, 0.3) is 0 Å². The van der Waals surface area contributed by atoms with Gasteiger partial charge in [0.1, 0.15) is 6.61 Å². The van der Waals surface area contributed by atoms with Gasteiger partial charge in [-0.1, -0.05) is 36.8 Å². The van der Waals surface area contributed by atoms with E-state index in [0.29, 0.717) is 13.2 Å². The van der Waals surface area contributed by atoms with Crippen molar-refractivity contribution in [1.29, 1.82) is 0 Å². The van der Waals surface area contributed by atoms with Crippen molar-refractivity contribution in [1.82, 2.24) is 10.0 Å². The Kier molecular flexibility index (Phi) is 7.41. The van der Waals surface area contributed by atoms with Crippen molar-refractivity contribution in [2.45, 2.75) is 32.8 Å². The minimum Gasteiger partial charge on any atom is -0.444 e. The molecule has 4 nitrogen and oxygen atoms in total. The van der Waals surface area contributed by atoms with Crippen LogP contribution in [0, 0.1) is 0 Å². The molecule has 0 unspecified atom stereocenters. The molecule has 20 heavy (non-hydrogen) atoms. The molecule has 112 valence electrons. The quantitative estimate of drug-likeness (QED) is 0.853. The zero-order valence-electron chi connectivity index (χ0n) is 12.0. The highest BCUT2D eigenvalue weighted by Crippen LogP contribution is 2.13. The van der Waals surface area contributed by atoms with E-state index in [1.807, 2.05) is 37.3 Å². The molecule has 1 aliphatic rings. The zero-order valence-corrected chi connectivity index (χ0v) is 12.8. The number of halogens is 1. The lowest BCUT2D eigenvalue weighted by molar-refractivity contribution is -0.0329. The largest absolute Gasteiger partial charge is 0.444 e. The van der Waals surface area contributed by atoms with Gasteiger partial charge in [-0.2, -0.15) is 0 Å². The summed E-state index contributed by atoms with van der Waals surface area (Å²) < 4.78 is 5.38. The summed E-state index contributed by atoms with van der Waals surface area (Å²) in [5.41, 5.74) is 1.02. The fraction of sp³-hybridized carbons (Fsp3) is 0.533. The number of carbonyl (C=O) groups excluding carboxylic acids is 1. The average Bonchev–Trinajstić information content (AvgIpc) is 2.48. The van der Waals surface area contributed by atoms with E-state index in [1.165, 1.54) is 6.42 Å². The Labute approximate surface area is 127 Å². The predicted molar refractivity (Wildman–Crippen MR) is 81.7 cm³/mol. The van der Waals surface area contributed by atoms with E-state index in [9.17, 15) is 4.79 Å². The third-order valence-electron chi connectivity index (χ3n) is 3.39. The van der Waals surface area contributed by atoms with Crippen LogP contribution in [-0.4, -0.2) is 35.7 Å². The molecule has 1 heterocycles. The van der Waals surface area contributed by atoms with E-state index in [0.717, 1.165) is 31.5 Å². The van der Waals surface area contributed by atoms with Gasteiger partial charge in [0.25, 0.3) is 0 Å². The van der Waals surface area contributed by atoms with Gasteiger partial charge < -0.3 is 4.74 Å². The molecule has 5 heteroatoms. The van der Waals surface area contributed by atoms with Gasteiger partial charge in [0.15, 0.2) is 0 Å². The van der Waals surface area contributed by atoms with Gasteiger partial charge >= 0.3 is 6.09 Å². The van der Waals surface area contributed by atoms with Crippen LogP contribution in [0.15, 0.2) is 30.3 Å². The maximum absolute atomic E-state index is 12.1. The Morgan fingerprint density at radius 1 is 1.20 bits per heavy atom. The number of hydrazine groups is 1. The van der Waals surface area contributed by atoms with Crippen LogP contribution in [0.5, 0.6) is 0 Å². The second kappa shape index (κ2) is 8.82. The van der Waals surface area contributed by atoms with Crippen molar-refractivity contribution in [2.24, 2.45) is 0 Å². The molecule has 1 aromatic rings. The highest BCUT2D eigenvalue weighted by molar-refractivity contribution is 5.85. The van der Waals surface area contributed by atoms with Crippen molar-refractivity contribution in [2.75, 3.05) is 19.6 Å². The SMILES string of the molecule is CCN(C(=O)OCc1ccccc1)N1CCCCC1.Cl. The fourth-order valence-corrected chi connectivity index (χ4v) is 2.36. The number of ether oxygens (including phenoxy) is 1. The van der Waals surface area contributed by atoms with Gasteiger partial charge in [-0.05, 0) is 25.3 Å². The van der Waals surface area contributed by atoms with Gasteiger partial charge in [0.2, 0.25) is 0 Å². The monoisotopic (exact) mass is 298 g/mol. The Balaban J connectivity index is 0.00000200. The van der Waals surface area contributed by atoms with Crippen molar-refractivity contribution < 1.29 is 9.53 Å². The summed E-state index contributed by atoms with van der Waals surface area (Å²) >= 11 is 0. The second-order valence-electron chi connectivity index (χ2n) is 4.77. The highest BCUT2D eigenvalue weighted by atomic mass is 35.5. The third-order valence-corrected chi connectivity index (χ3v) is 3.39. The van der Waals surface area contributed by atoms with E-state index in [-0.39, 0.29) is 18.5 Å². The molecule has 0 aromatic heterocycles. The minimum atomic E-state index is -0.242. The normalized spacial score (nSPS) is 15.2. The van der Waals surface area contributed by atoms with E-state index in [4.69, 9.17) is 4.74 Å². The van der Waals surface area contributed by atoms with Gasteiger partial charge in [0.05, 0.1) is 0 Å². The molecule has 0 aliphatic carbocycles. The van der Waals surface area contributed by atoms with E-state index in [2.05, 4.69) is 5.01 Å². The van der Waals surface area contributed by atoms with Gasteiger partial charge in [-0.15, -0.1) is 12.4 Å². The lowest BCUT2D eigenvalue weighted by atomic mass is 10.2. The first-order valence-electron chi connectivity index (χ1n) is 7.04. The number of hydrogen-bond donors (Lipinski definition) is 0. The number of benzene rings is 1. The number of carbonyl (C=O) groups is 1. The maximum Gasteiger partial charge on any atom is 0.424 e. The van der Waals surface area contributed by atoms with E-state index in [1.54, 1.807) is 5.01 Å². The molecule has 0 atom stereocenters. The number of nitrogens with zero attached hydrogens (tertiary/aromatic N) is 2. The third kappa shape index (κ3) is 4.69. The van der Waals surface area contributed by atoms with Crippen molar-refractivity contribution in [3.05, 3.63) is 35.9 Å². The molecule has 1 amide bonds. The summed E-state index contributed by atoms with van der Waals surface area (Å²) in [4.78, 5) is 12.1. The minimum absolute atomic E-state index is 0. The molecule has 1 aliphatic heterocycles. The first kappa shape index (κ1) is 16.8. The molecule has 0 radical (unpaired) electrons. The van der Waals surface area contributed by atoms with Gasteiger partial charge in [-0.3, -0.25) is 0 Å². The van der Waals surface area contributed by atoms with Crippen LogP contribution in [-0.2, 0) is 11.3 Å². The first-order chi connectivity index (χ1) is 9.31. The fourth-order valence-electron chi connectivity index (χ4n) is 2.36. The van der Waals surface area contributed by atoms with Crippen LogP contribution in [0.1, 0.15) is 31.7 Å². The zero-order chi connectivity index (χ0) is 13.5. The number of piperidine rings is 1. The Morgan fingerprint density at radius 2 is 1.85 bits per heavy atom. The van der Waals surface area contributed by atoms with Crippen molar-refractivity contribution in [3.63, 3.8) is 0 Å². The molecule has 0 bridgehead atoms. The molecular weight excluding hydrogens is 276 g/mol. The summed E-state index contributed by atoms with van der Waals surface area (Å²) in [5, 5.41) is 3.83. The second-order valence-corrected chi connectivity index (χ2v) is 4.77. The van der Waals surface area contributed by atoms with Crippen LogP contribution in [0.2, 0.25) is 0 Å². The predicted octanol–water partition coefficient (Wildman–Crippen LogP) is 3.47. The highest BCUT2D eigenvalue weighted by Gasteiger charge is 2.22. The lowest BCUT2D eigenvalue weighted by Gasteiger charge is -2.35. The standard InChI is InChI=1S/C15H22N2O2.ClH/c1-2-17(16-11-7-4-8-12-16)15(18)19-13-14-9-5-3-6-10-14;/h3,5-6,9-10H,2,4,7-8,11-13H2,1H3;1H. The van der Waals surface area contributed by atoms with Crippen molar-refractivity contribution in [3.8, 4) is 0 Å². The molecule has 1 fully saturated rings. The average molecular weight is 299 g/mol. The topological polar surface area (TPSA) is 32.8 Å². The Bertz CT molecular complexity index is 394. The lowest BCUT2D eigenvalue weighted by Crippen LogP contribution is -2.48.